The molecule has 1 amide bonds. The van der Waals surface area contributed by atoms with E-state index in [9.17, 15) is 4.79 Å². The van der Waals surface area contributed by atoms with Crippen LogP contribution in [0.3, 0.4) is 0 Å². The van der Waals surface area contributed by atoms with Gasteiger partial charge in [-0.15, -0.1) is 0 Å². The van der Waals surface area contributed by atoms with E-state index in [4.69, 9.17) is 15.9 Å². The van der Waals surface area contributed by atoms with Crippen molar-refractivity contribution in [2.75, 3.05) is 5.32 Å². The summed E-state index contributed by atoms with van der Waals surface area (Å²) in [5.41, 5.74) is 9.07. The maximum atomic E-state index is 11.3. The van der Waals surface area contributed by atoms with Gasteiger partial charge < -0.3 is 15.8 Å². The number of benzene rings is 2. The lowest BCUT2D eigenvalue weighted by molar-refractivity contribution is -0.116. The number of amides is 1. The molecule has 0 fully saturated rings. The van der Waals surface area contributed by atoms with E-state index in [-0.39, 0.29) is 11.7 Å². The number of nitrogen functional groups attached to an aromatic ring is 1. The van der Waals surface area contributed by atoms with E-state index in [0.29, 0.717) is 18.6 Å². The zero-order valence-corrected chi connectivity index (χ0v) is 12.1. The summed E-state index contributed by atoms with van der Waals surface area (Å²) >= 11 is 0. The normalized spacial score (nSPS) is 13.2. The summed E-state index contributed by atoms with van der Waals surface area (Å²) in [6.45, 7) is 0.348. The molecule has 5 heteroatoms. The third kappa shape index (κ3) is 2.93. The van der Waals surface area contributed by atoms with Gasteiger partial charge in [0, 0.05) is 23.2 Å². The number of hydrogen-bond donors (Lipinski definition) is 3. The zero-order valence-electron chi connectivity index (χ0n) is 12.1. The summed E-state index contributed by atoms with van der Waals surface area (Å²) in [5.74, 6) is 0.831. The summed E-state index contributed by atoms with van der Waals surface area (Å²) < 4.78 is 5.81. The number of carbonyl (C=O) groups excluding carboxylic acids is 1. The highest BCUT2D eigenvalue weighted by Gasteiger charge is 2.15. The predicted molar refractivity (Wildman–Crippen MR) is 85.2 cm³/mol. The Hall–Kier alpha value is -2.82. The number of amidine groups is 1. The quantitative estimate of drug-likeness (QED) is 0.598. The maximum absolute atomic E-state index is 11.3. The second kappa shape index (κ2) is 5.89. The molecule has 22 heavy (non-hydrogen) atoms. The monoisotopic (exact) mass is 295 g/mol. The molecule has 1 heterocycles. The molecule has 3 rings (SSSR count). The SMILES string of the molecule is N=C(N)c1ccccc1COc1ccc2c(c1)CCC(=O)N2. The average molecular weight is 295 g/mol. The van der Waals surface area contributed by atoms with Crippen LogP contribution in [-0.2, 0) is 17.8 Å². The zero-order chi connectivity index (χ0) is 15.5. The van der Waals surface area contributed by atoms with Crippen molar-refractivity contribution in [3.8, 4) is 5.75 Å². The van der Waals surface area contributed by atoms with Crippen LogP contribution in [0.5, 0.6) is 5.75 Å². The Morgan fingerprint density at radius 2 is 2.05 bits per heavy atom. The van der Waals surface area contributed by atoms with Crippen LogP contribution in [0.4, 0.5) is 5.69 Å². The van der Waals surface area contributed by atoms with Gasteiger partial charge in [0.15, 0.2) is 0 Å². The molecule has 0 atom stereocenters. The van der Waals surface area contributed by atoms with Crippen molar-refractivity contribution in [1.82, 2.24) is 0 Å². The van der Waals surface area contributed by atoms with Crippen LogP contribution in [0.1, 0.15) is 23.1 Å². The van der Waals surface area contributed by atoms with Crippen LogP contribution in [0, 0.1) is 5.41 Å². The molecular weight excluding hydrogens is 278 g/mol. The summed E-state index contributed by atoms with van der Waals surface area (Å²) in [7, 11) is 0. The summed E-state index contributed by atoms with van der Waals surface area (Å²) in [5, 5.41) is 10.4. The first-order chi connectivity index (χ1) is 10.6. The van der Waals surface area contributed by atoms with Gasteiger partial charge in [0.2, 0.25) is 5.91 Å². The molecule has 1 aliphatic rings. The molecule has 2 aromatic carbocycles. The molecule has 0 aliphatic carbocycles. The lowest BCUT2D eigenvalue weighted by atomic mass is 10.0. The first-order valence-electron chi connectivity index (χ1n) is 7.11. The molecule has 0 saturated heterocycles. The Labute approximate surface area is 128 Å². The van der Waals surface area contributed by atoms with Gasteiger partial charge >= 0.3 is 0 Å². The first-order valence-corrected chi connectivity index (χ1v) is 7.11. The highest BCUT2D eigenvalue weighted by molar-refractivity contribution is 5.96. The topological polar surface area (TPSA) is 88.2 Å². The number of anilines is 1. The first kappa shape index (κ1) is 14.1. The fourth-order valence-corrected chi connectivity index (χ4v) is 2.52. The van der Waals surface area contributed by atoms with Crippen molar-refractivity contribution in [1.29, 1.82) is 5.41 Å². The van der Waals surface area contributed by atoms with Crippen LogP contribution >= 0.6 is 0 Å². The Balaban J connectivity index is 1.75. The molecule has 1 aliphatic heterocycles. The maximum Gasteiger partial charge on any atom is 0.224 e. The van der Waals surface area contributed by atoms with E-state index in [1.54, 1.807) is 0 Å². The number of nitrogens with two attached hydrogens (primary N) is 1. The average Bonchev–Trinajstić information content (AvgIpc) is 2.53. The van der Waals surface area contributed by atoms with Crippen LogP contribution in [0.25, 0.3) is 0 Å². The largest absolute Gasteiger partial charge is 0.489 e. The lowest BCUT2D eigenvalue weighted by Gasteiger charge is -2.18. The minimum absolute atomic E-state index is 0.0346. The minimum atomic E-state index is 0.0346. The summed E-state index contributed by atoms with van der Waals surface area (Å²) in [6.07, 6.45) is 1.23. The van der Waals surface area contributed by atoms with Gasteiger partial charge in [-0.05, 0) is 30.2 Å². The van der Waals surface area contributed by atoms with Crippen molar-refractivity contribution in [2.45, 2.75) is 19.4 Å². The third-order valence-electron chi connectivity index (χ3n) is 3.67. The Morgan fingerprint density at radius 1 is 1.23 bits per heavy atom. The molecule has 5 nitrogen and oxygen atoms in total. The van der Waals surface area contributed by atoms with Gasteiger partial charge in [0.25, 0.3) is 0 Å². The van der Waals surface area contributed by atoms with Gasteiger partial charge in [0.05, 0.1) is 0 Å². The molecule has 2 aromatic rings. The second-order valence-corrected chi connectivity index (χ2v) is 5.23. The standard InChI is InChI=1S/C17H17N3O2/c18-17(19)14-4-2-1-3-12(14)10-22-13-6-7-15-11(9-13)5-8-16(21)20-15/h1-4,6-7,9H,5,8,10H2,(H3,18,19)(H,20,21). The highest BCUT2D eigenvalue weighted by Crippen LogP contribution is 2.27. The lowest BCUT2D eigenvalue weighted by Crippen LogP contribution is -2.18. The van der Waals surface area contributed by atoms with Crippen molar-refractivity contribution in [3.05, 3.63) is 59.2 Å². The number of aryl methyl sites for hydroxylation is 1. The van der Waals surface area contributed by atoms with E-state index in [1.807, 2.05) is 42.5 Å². The van der Waals surface area contributed by atoms with Crippen LogP contribution < -0.4 is 15.8 Å². The minimum Gasteiger partial charge on any atom is -0.489 e. The van der Waals surface area contributed by atoms with Crippen LogP contribution in [0.2, 0.25) is 0 Å². The molecular formula is C17H17N3O2. The fraction of sp³-hybridized carbons (Fsp3) is 0.176. The van der Waals surface area contributed by atoms with Gasteiger partial charge in [0.1, 0.15) is 18.2 Å². The fourth-order valence-electron chi connectivity index (χ4n) is 2.52. The van der Waals surface area contributed by atoms with Crippen LogP contribution in [-0.4, -0.2) is 11.7 Å². The number of fused-ring (bicyclic) bond motifs is 1. The van der Waals surface area contributed by atoms with Crippen LogP contribution in [0.15, 0.2) is 42.5 Å². The molecule has 0 aromatic heterocycles. The number of ether oxygens (including phenoxy) is 1. The van der Waals surface area contributed by atoms with Crippen molar-refractivity contribution in [2.24, 2.45) is 5.73 Å². The number of carbonyl (C=O) groups is 1. The molecule has 0 spiro atoms. The van der Waals surface area contributed by atoms with E-state index in [0.717, 1.165) is 29.0 Å². The summed E-state index contributed by atoms with van der Waals surface area (Å²) in [4.78, 5) is 11.3. The van der Waals surface area contributed by atoms with Gasteiger partial charge in [-0.25, -0.2) is 0 Å². The molecule has 0 radical (unpaired) electrons. The predicted octanol–water partition coefficient (Wildman–Crippen LogP) is 2.43. The Bertz CT molecular complexity index is 740. The molecule has 0 unspecified atom stereocenters. The van der Waals surface area contributed by atoms with Gasteiger partial charge in [-0.3, -0.25) is 10.2 Å². The third-order valence-corrected chi connectivity index (χ3v) is 3.67. The molecule has 0 bridgehead atoms. The smallest absolute Gasteiger partial charge is 0.224 e. The van der Waals surface area contributed by atoms with Crippen molar-refractivity contribution < 1.29 is 9.53 Å². The molecule has 0 saturated carbocycles. The Kier molecular flexibility index (Phi) is 3.78. The van der Waals surface area contributed by atoms with E-state index in [1.165, 1.54) is 0 Å². The van der Waals surface area contributed by atoms with Crippen molar-refractivity contribution in [3.63, 3.8) is 0 Å². The number of hydrogen-bond acceptors (Lipinski definition) is 3. The van der Waals surface area contributed by atoms with E-state index >= 15 is 0 Å². The molecule has 112 valence electrons. The summed E-state index contributed by atoms with van der Waals surface area (Å²) in [6, 6.07) is 13.1. The van der Waals surface area contributed by atoms with E-state index in [2.05, 4.69) is 5.32 Å². The number of nitrogens with one attached hydrogen (secondary N) is 2. The molecule has 4 N–H and O–H groups in total. The highest BCUT2D eigenvalue weighted by atomic mass is 16.5. The van der Waals surface area contributed by atoms with E-state index < -0.39 is 0 Å². The second-order valence-electron chi connectivity index (χ2n) is 5.23. The van der Waals surface area contributed by atoms with Crippen molar-refractivity contribution >= 4 is 17.4 Å². The Morgan fingerprint density at radius 3 is 2.86 bits per heavy atom. The van der Waals surface area contributed by atoms with Gasteiger partial charge in [-0.1, -0.05) is 24.3 Å². The van der Waals surface area contributed by atoms with Gasteiger partial charge in [-0.2, -0.15) is 0 Å². The number of rotatable bonds is 4.